The first kappa shape index (κ1) is 18.1. The van der Waals surface area contributed by atoms with Crippen LogP contribution >= 0.6 is 15.9 Å². The number of hydrogen-bond acceptors (Lipinski definition) is 6. The van der Waals surface area contributed by atoms with Gasteiger partial charge in [0.05, 0.1) is 17.3 Å². The second-order valence-corrected chi connectivity index (χ2v) is 6.93. The maximum Gasteiger partial charge on any atom is 0.363 e. The number of aromatic nitrogens is 3. The molecule has 128 valence electrons. The second kappa shape index (κ2) is 7.57. The highest BCUT2D eigenvalue weighted by molar-refractivity contribution is 9.10. The molecule has 0 fully saturated rings. The highest BCUT2D eigenvalue weighted by atomic mass is 79.9. The van der Waals surface area contributed by atoms with Crippen LogP contribution < -0.4 is 15.9 Å². The van der Waals surface area contributed by atoms with Gasteiger partial charge in [-0.2, -0.15) is 15.2 Å². The van der Waals surface area contributed by atoms with E-state index in [1.165, 1.54) is 0 Å². The molecular weight excluding hydrogens is 374 g/mol. The monoisotopic (exact) mass is 393 g/mol. The quantitative estimate of drug-likeness (QED) is 0.601. The number of hydrazone groups is 1. The first-order valence-electron chi connectivity index (χ1n) is 7.50. The van der Waals surface area contributed by atoms with E-state index < -0.39 is 5.69 Å². The average Bonchev–Trinajstić information content (AvgIpc) is 2.49. The van der Waals surface area contributed by atoms with Gasteiger partial charge in [-0.1, -0.05) is 20.8 Å². The molecule has 0 spiro atoms. The van der Waals surface area contributed by atoms with E-state index in [0.29, 0.717) is 18.1 Å². The highest BCUT2D eigenvalue weighted by Crippen LogP contribution is 2.26. The maximum atomic E-state index is 11.4. The van der Waals surface area contributed by atoms with E-state index in [4.69, 9.17) is 4.74 Å². The number of benzene rings is 1. The van der Waals surface area contributed by atoms with E-state index in [1.54, 1.807) is 6.21 Å². The van der Waals surface area contributed by atoms with Crippen LogP contribution in [0.3, 0.4) is 0 Å². The van der Waals surface area contributed by atoms with Crippen LogP contribution in [0.1, 0.15) is 39.0 Å². The molecule has 0 aliphatic carbocycles. The number of anilines is 1. The third-order valence-electron chi connectivity index (χ3n) is 3.05. The van der Waals surface area contributed by atoms with E-state index in [0.717, 1.165) is 15.8 Å². The zero-order chi connectivity index (χ0) is 17.7. The Bertz CT molecular complexity index is 796. The zero-order valence-corrected chi connectivity index (χ0v) is 15.6. The number of rotatable bonds is 5. The number of hydrogen-bond donors (Lipinski definition) is 2. The summed E-state index contributed by atoms with van der Waals surface area (Å²) in [4.78, 5) is 15.3. The van der Waals surface area contributed by atoms with Gasteiger partial charge in [-0.05, 0) is 46.6 Å². The molecule has 0 amide bonds. The van der Waals surface area contributed by atoms with Crippen molar-refractivity contribution < 1.29 is 4.74 Å². The van der Waals surface area contributed by atoms with Gasteiger partial charge in [-0.3, -0.25) is 5.43 Å². The molecule has 0 saturated heterocycles. The lowest BCUT2D eigenvalue weighted by Crippen LogP contribution is -2.24. The van der Waals surface area contributed by atoms with E-state index in [9.17, 15) is 4.79 Å². The first-order chi connectivity index (χ1) is 11.3. The predicted octanol–water partition coefficient (Wildman–Crippen LogP) is 3.07. The molecule has 7 nitrogen and oxygen atoms in total. The van der Waals surface area contributed by atoms with Crippen LogP contribution in [0, 0.1) is 0 Å². The fourth-order valence-corrected chi connectivity index (χ4v) is 2.49. The standard InChI is InChI=1S/C16H20BrN5O2/c1-5-24-12-7-6-10(8-11(12)17)9-18-21-14-13(16(2,3)4)20-22-15(23)19-14/h6-9H,5H2,1-4H3,(H2,19,21,22,23)/b18-9+. The van der Waals surface area contributed by atoms with Gasteiger partial charge in [0, 0.05) is 5.41 Å². The molecule has 1 heterocycles. The van der Waals surface area contributed by atoms with Gasteiger partial charge in [-0.15, -0.1) is 0 Å². The van der Waals surface area contributed by atoms with Gasteiger partial charge in [0.15, 0.2) is 5.82 Å². The Morgan fingerprint density at radius 1 is 1.42 bits per heavy atom. The van der Waals surface area contributed by atoms with Crippen molar-refractivity contribution >= 4 is 28.0 Å². The lowest BCUT2D eigenvalue weighted by Gasteiger charge is -2.18. The molecule has 0 aliphatic rings. The van der Waals surface area contributed by atoms with E-state index in [1.807, 2.05) is 45.9 Å². The molecule has 0 bridgehead atoms. The summed E-state index contributed by atoms with van der Waals surface area (Å²) in [5.74, 6) is 1.12. The Hall–Kier alpha value is -2.22. The summed E-state index contributed by atoms with van der Waals surface area (Å²) in [7, 11) is 0. The van der Waals surface area contributed by atoms with Crippen molar-refractivity contribution in [1.82, 2.24) is 15.2 Å². The number of ether oxygens (including phenoxy) is 1. The molecule has 24 heavy (non-hydrogen) atoms. The summed E-state index contributed by atoms with van der Waals surface area (Å²) in [6, 6.07) is 5.64. The third-order valence-corrected chi connectivity index (χ3v) is 3.67. The Balaban J connectivity index is 2.19. The van der Waals surface area contributed by atoms with Crippen LogP contribution in [0.5, 0.6) is 5.75 Å². The number of H-pyrrole nitrogens is 1. The number of aromatic amines is 1. The maximum absolute atomic E-state index is 11.4. The van der Waals surface area contributed by atoms with Gasteiger partial charge in [0.25, 0.3) is 0 Å². The minimum absolute atomic E-state index is 0.281. The van der Waals surface area contributed by atoms with Crippen LogP contribution in [0.25, 0.3) is 0 Å². The topological polar surface area (TPSA) is 92.3 Å². The molecule has 0 aliphatic heterocycles. The summed E-state index contributed by atoms with van der Waals surface area (Å²) in [6.45, 7) is 8.47. The third kappa shape index (κ3) is 4.64. The van der Waals surface area contributed by atoms with Crippen molar-refractivity contribution in [2.45, 2.75) is 33.1 Å². The normalized spacial score (nSPS) is 11.7. The van der Waals surface area contributed by atoms with E-state index in [-0.39, 0.29) is 5.41 Å². The van der Waals surface area contributed by atoms with Crippen molar-refractivity contribution in [2.75, 3.05) is 12.0 Å². The summed E-state index contributed by atoms with van der Waals surface area (Å²) in [5, 5.41) is 10.6. The number of nitrogens with one attached hydrogen (secondary N) is 2. The first-order valence-corrected chi connectivity index (χ1v) is 8.29. The molecule has 8 heteroatoms. The van der Waals surface area contributed by atoms with Gasteiger partial charge in [0.1, 0.15) is 11.4 Å². The summed E-state index contributed by atoms with van der Waals surface area (Å²) in [5.41, 5.74) is 3.49. The van der Waals surface area contributed by atoms with E-state index in [2.05, 4.69) is 41.6 Å². The lowest BCUT2D eigenvalue weighted by atomic mass is 9.92. The zero-order valence-electron chi connectivity index (χ0n) is 14.1. The van der Waals surface area contributed by atoms with Crippen LogP contribution in [0.2, 0.25) is 0 Å². The van der Waals surface area contributed by atoms with Crippen LogP contribution in [-0.2, 0) is 5.41 Å². The van der Waals surface area contributed by atoms with Gasteiger partial charge in [0.2, 0.25) is 0 Å². The van der Waals surface area contributed by atoms with E-state index >= 15 is 0 Å². The van der Waals surface area contributed by atoms with Crippen molar-refractivity contribution in [2.24, 2.45) is 5.10 Å². The summed E-state index contributed by atoms with van der Waals surface area (Å²) >= 11 is 3.46. The molecule has 0 unspecified atom stereocenters. The van der Waals surface area contributed by atoms with Crippen molar-refractivity contribution in [1.29, 1.82) is 0 Å². The van der Waals surface area contributed by atoms with Crippen molar-refractivity contribution in [3.05, 3.63) is 44.4 Å². The molecule has 1 aromatic heterocycles. The Kier molecular flexibility index (Phi) is 5.71. The minimum Gasteiger partial charge on any atom is -0.493 e. The molecular formula is C16H20BrN5O2. The fraction of sp³-hybridized carbons (Fsp3) is 0.375. The molecule has 1 aromatic carbocycles. The average molecular weight is 394 g/mol. The SMILES string of the molecule is CCOc1ccc(/C=N/Nc2nc(=O)[nH]nc2C(C)(C)C)cc1Br. The molecule has 2 rings (SSSR count). The highest BCUT2D eigenvalue weighted by Gasteiger charge is 2.21. The molecule has 0 saturated carbocycles. The Morgan fingerprint density at radius 2 is 2.17 bits per heavy atom. The molecule has 2 N–H and O–H groups in total. The van der Waals surface area contributed by atoms with Crippen LogP contribution in [0.15, 0.2) is 32.6 Å². The van der Waals surface area contributed by atoms with Crippen LogP contribution in [0.4, 0.5) is 5.82 Å². The smallest absolute Gasteiger partial charge is 0.363 e. The number of nitrogens with zero attached hydrogens (tertiary/aromatic N) is 3. The summed E-state index contributed by atoms with van der Waals surface area (Å²) in [6.07, 6.45) is 1.63. The van der Waals surface area contributed by atoms with Crippen LogP contribution in [-0.4, -0.2) is 28.0 Å². The molecule has 2 aromatic rings. The van der Waals surface area contributed by atoms with Crippen molar-refractivity contribution in [3.63, 3.8) is 0 Å². The largest absolute Gasteiger partial charge is 0.493 e. The number of halogens is 1. The van der Waals surface area contributed by atoms with Gasteiger partial charge < -0.3 is 4.74 Å². The van der Waals surface area contributed by atoms with Gasteiger partial charge >= 0.3 is 5.69 Å². The lowest BCUT2D eigenvalue weighted by molar-refractivity contribution is 0.338. The second-order valence-electron chi connectivity index (χ2n) is 6.08. The Labute approximate surface area is 148 Å². The Morgan fingerprint density at radius 3 is 2.79 bits per heavy atom. The predicted molar refractivity (Wildman–Crippen MR) is 97.9 cm³/mol. The minimum atomic E-state index is -0.524. The fourth-order valence-electron chi connectivity index (χ4n) is 1.97. The molecule has 0 radical (unpaired) electrons. The molecule has 0 atom stereocenters. The van der Waals surface area contributed by atoms with Gasteiger partial charge in [-0.25, -0.2) is 9.89 Å². The van der Waals surface area contributed by atoms with Crippen molar-refractivity contribution in [3.8, 4) is 5.75 Å². The summed E-state index contributed by atoms with van der Waals surface area (Å²) < 4.78 is 6.32.